The van der Waals surface area contributed by atoms with Gasteiger partial charge in [-0.1, -0.05) is 32.9 Å². The van der Waals surface area contributed by atoms with Gasteiger partial charge in [0.1, 0.15) is 5.82 Å². The molecule has 34 heavy (non-hydrogen) atoms. The van der Waals surface area contributed by atoms with Gasteiger partial charge >= 0.3 is 0 Å². The van der Waals surface area contributed by atoms with Gasteiger partial charge in [0, 0.05) is 29.5 Å². The van der Waals surface area contributed by atoms with Gasteiger partial charge in [0.15, 0.2) is 12.2 Å². The Morgan fingerprint density at radius 2 is 1.91 bits per heavy atom. The summed E-state index contributed by atoms with van der Waals surface area (Å²) in [5, 5.41) is 14.8. The third-order valence-electron chi connectivity index (χ3n) is 5.78. The summed E-state index contributed by atoms with van der Waals surface area (Å²) in [4.78, 5) is 31.3. The maximum atomic E-state index is 13.1. The molecule has 1 aliphatic rings. The number of nitrogens with one attached hydrogen (secondary N) is 1. The summed E-state index contributed by atoms with van der Waals surface area (Å²) in [6.07, 6.45) is -1.37. The highest BCUT2D eigenvalue weighted by Gasteiger charge is 2.39. The fourth-order valence-corrected chi connectivity index (χ4v) is 3.86. The number of hydrogen-bond acceptors (Lipinski definition) is 6. The molecule has 0 spiro atoms. The van der Waals surface area contributed by atoms with E-state index >= 15 is 0 Å². The van der Waals surface area contributed by atoms with Crippen LogP contribution in [0, 0.1) is 0 Å². The normalized spacial score (nSPS) is 17.2. The number of nitrogen functional groups attached to an aromatic ring is 1. The second-order valence-corrected chi connectivity index (χ2v) is 9.14. The molecule has 4 rings (SSSR count). The smallest absolute Gasteiger partial charge is 0.259 e. The first-order valence-corrected chi connectivity index (χ1v) is 10.8. The van der Waals surface area contributed by atoms with Crippen molar-refractivity contribution in [3.05, 3.63) is 60.3 Å². The molecule has 1 fully saturated rings. The summed E-state index contributed by atoms with van der Waals surface area (Å²) < 4.78 is 5.50. The van der Waals surface area contributed by atoms with E-state index in [2.05, 4.69) is 31.1 Å². The predicted octanol–water partition coefficient (Wildman–Crippen LogP) is 3.27. The average Bonchev–Trinajstić information content (AvgIpc) is 2.78. The lowest BCUT2D eigenvalue weighted by molar-refractivity contribution is -0.150. The second kappa shape index (κ2) is 9.97. The summed E-state index contributed by atoms with van der Waals surface area (Å²) >= 11 is 0. The third kappa shape index (κ3) is 5.14. The quantitative estimate of drug-likeness (QED) is 0.523. The molecule has 2 atom stereocenters. The van der Waals surface area contributed by atoms with Crippen LogP contribution in [0.15, 0.2) is 54.7 Å². The Hall–Kier alpha value is -3.20. The third-order valence-corrected chi connectivity index (χ3v) is 5.78. The molecule has 8 nitrogen and oxygen atoms in total. The second-order valence-electron chi connectivity index (χ2n) is 9.14. The maximum absolute atomic E-state index is 13.1. The largest absolute Gasteiger partial charge is 0.383 e. The number of fused-ring (bicyclic) bond motifs is 1. The zero-order valence-corrected chi connectivity index (χ0v) is 20.1. The minimum atomic E-state index is -1.66. The number of aromatic nitrogens is 1. The van der Waals surface area contributed by atoms with E-state index in [9.17, 15) is 14.7 Å². The van der Waals surface area contributed by atoms with E-state index in [1.54, 1.807) is 35.4 Å². The van der Waals surface area contributed by atoms with Crippen molar-refractivity contribution in [2.75, 3.05) is 29.1 Å². The lowest BCUT2D eigenvalue weighted by Crippen LogP contribution is -2.55. The highest BCUT2D eigenvalue weighted by Crippen LogP contribution is 2.27. The predicted molar refractivity (Wildman–Crippen MR) is 135 cm³/mol. The Bertz CT molecular complexity index is 1190. The summed E-state index contributed by atoms with van der Waals surface area (Å²) in [6.45, 7) is 6.92. The van der Waals surface area contributed by atoms with E-state index in [1.807, 2.05) is 24.3 Å². The summed E-state index contributed by atoms with van der Waals surface area (Å²) in [7, 11) is 0. The average molecular weight is 485 g/mol. The number of aliphatic hydroxyl groups excluding tert-OH is 1. The van der Waals surface area contributed by atoms with Crippen molar-refractivity contribution < 1.29 is 19.4 Å². The van der Waals surface area contributed by atoms with E-state index in [0.29, 0.717) is 23.7 Å². The van der Waals surface area contributed by atoms with Gasteiger partial charge in [-0.25, -0.2) is 4.98 Å². The monoisotopic (exact) mass is 484 g/mol. The van der Waals surface area contributed by atoms with Crippen LogP contribution in [0.3, 0.4) is 0 Å². The highest BCUT2D eigenvalue weighted by molar-refractivity contribution is 6.04. The SMILES string of the molecule is CC(C)(C)c1ccc(N2CCO[C@H]([C@@H](O)C(=O)Nc3ccc4c(N)nccc4c3)C2=O)cc1.Cl. The Morgan fingerprint density at radius 1 is 1.21 bits per heavy atom. The van der Waals surface area contributed by atoms with Crippen LogP contribution in [0.2, 0.25) is 0 Å². The van der Waals surface area contributed by atoms with Crippen molar-refractivity contribution in [1.29, 1.82) is 0 Å². The fraction of sp³-hybridized carbons (Fsp3) is 0.320. The standard InChI is InChI=1S/C25H28N4O4.ClH/c1-25(2,3)16-4-7-18(8-5-16)29-12-13-33-21(24(29)32)20(30)23(31)28-17-6-9-19-15(14-17)10-11-27-22(19)26;/h4-11,14,20-21,30H,12-13H2,1-3H3,(H2,26,27)(H,28,31);1H/t20-,21-;/m1./s1. The number of pyridine rings is 1. The van der Waals surface area contributed by atoms with Crippen molar-refractivity contribution in [3.63, 3.8) is 0 Å². The van der Waals surface area contributed by atoms with Crippen molar-refractivity contribution in [2.45, 2.75) is 38.4 Å². The van der Waals surface area contributed by atoms with Crippen LogP contribution in [0.1, 0.15) is 26.3 Å². The van der Waals surface area contributed by atoms with Crippen LogP contribution in [0.5, 0.6) is 0 Å². The van der Waals surface area contributed by atoms with Crippen molar-refractivity contribution in [3.8, 4) is 0 Å². The number of carbonyl (C=O) groups excluding carboxylic acids is 2. The number of aliphatic hydroxyl groups is 1. The summed E-state index contributed by atoms with van der Waals surface area (Å²) in [5.74, 6) is -0.785. The van der Waals surface area contributed by atoms with Crippen LogP contribution < -0.4 is 16.0 Å². The number of benzene rings is 2. The Morgan fingerprint density at radius 3 is 2.59 bits per heavy atom. The number of hydrogen-bond donors (Lipinski definition) is 3. The Balaban J connectivity index is 0.00000324. The minimum absolute atomic E-state index is 0. The summed E-state index contributed by atoms with van der Waals surface area (Å²) in [5.41, 5.74) is 8.18. The van der Waals surface area contributed by atoms with Gasteiger partial charge in [0.05, 0.1) is 6.61 Å². The van der Waals surface area contributed by atoms with Gasteiger partial charge in [0.2, 0.25) is 0 Å². The van der Waals surface area contributed by atoms with Crippen LogP contribution >= 0.6 is 12.4 Å². The molecular weight excluding hydrogens is 456 g/mol. The minimum Gasteiger partial charge on any atom is -0.383 e. The molecule has 2 aromatic carbocycles. The van der Waals surface area contributed by atoms with Gasteiger partial charge in [-0.3, -0.25) is 9.59 Å². The zero-order chi connectivity index (χ0) is 23.8. The number of ether oxygens (including phenoxy) is 1. The van der Waals surface area contributed by atoms with Crippen molar-refractivity contribution >= 4 is 52.2 Å². The molecule has 0 bridgehead atoms. The number of anilines is 3. The molecular formula is C25H29ClN4O4. The Kier molecular flexibility index (Phi) is 7.45. The van der Waals surface area contributed by atoms with Gasteiger partial charge in [-0.2, -0.15) is 0 Å². The number of morpholine rings is 1. The fourth-order valence-electron chi connectivity index (χ4n) is 3.86. The van der Waals surface area contributed by atoms with Gasteiger partial charge in [0.25, 0.3) is 11.8 Å². The van der Waals surface area contributed by atoms with Crippen LogP contribution in [-0.2, 0) is 19.7 Å². The highest BCUT2D eigenvalue weighted by atomic mass is 35.5. The summed E-state index contributed by atoms with van der Waals surface area (Å²) in [6, 6.07) is 14.6. The first-order chi connectivity index (χ1) is 15.6. The first kappa shape index (κ1) is 25.4. The molecule has 2 amide bonds. The van der Waals surface area contributed by atoms with E-state index in [-0.39, 0.29) is 24.4 Å². The maximum Gasteiger partial charge on any atom is 0.259 e. The van der Waals surface area contributed by atoms with Crippen LogP contribution in [-0.4, -0.2) is 47.3 Å². The van der Waals surface area contributed by atoms with Gasteiger partial charge in [-0.15, -0.1) is 12.4 Å². The first-order valence-electron chi connectivity index (χ1n) is 10.8. The molecule has 1 aliphatic heterocycles. The molecule has 3 aromatic rings. The molecule has 2 heterocycles. The topological polar surface area (TPSA) is 118 Å². The number of carbonyl (C=O) groups is 2. The lowest BCUT2D eigenvalue weighted by atomic mass is 9.87. The number of halogens is 1. The Labute approximate surface area is 204 Å². The molecule has 1 saturated heterocycles. The molecule has 4 N–H and O–H groups in total. The lowest BCUT2D eigenvalue weighted by Gasteiger charge is -2.34. The van der Waals surface area contributed by atoms with Crippen molar-refractivity contribution in [1.82, 2.24) is 4.98 Å². The molecule has 0 radical (unpaired) electrons. The van der Waals surface area contributed by atoms with E-state index in [4.69, 9.17) is 10.5 Å². The number of amides is 2. The molecule has 1 aromatic heterocycles. The van der Waals surface area contributed by atoms with Gasteiger partial charge < -0.3 is 25.8 Å². The van der Waals surface area contributed by atoms with Crippen LogP contribution in [0.25, 0.3) is 10.8 Å². The zero-order valence-electron chi connectivity index (χ0n) is 19.3. The molecule has 0 aliphatic carbocycles. The van der Waals surface area contributed by atoms with E-state index < -0.39 is 24.0 Å². The number of rotatable bonds is 4. The molecule has 9 heteroatoms. The van der Waals surface area contributed by atoms with E-state index in [1.165, 1.54) is 0 Å². The van der Waals surface area contributed by atoms with Gasteiger partial charge in [-0.05, 0) is 52.8 Å². The number of nitrogens with two attached hydrogens (primary N) is 1. The van der Waals surface area contributed by atoms with Crippen LogP contribution in [0.4, 0.5) is 17.2 Å². The van der Waals surface area contributed by atoms with E-state index in [0.717, 1.165) is 16.3 Å². The molecule has 0 saturated carbocycles. The molecule has 0 unspecified atom stereocenters. The molecule has 180 valence electrons. The number of nitrogens with zero attached hydrogens (tertiary/aromatic N) is 2. The van der Waals surface area contributed by atoms with Crippen molar-refractivity contribution in [2.24, 2.45) is 0 Å².